The molecular weight excluding hydrogens is 616 g/mol. The van der Waals surface area contributed by atoms with Gasteiger partial charge in [-0.2, -0.15) is 0 Å². The van der Waals surface area contributed by atoms with Crippen molar-refractivity contribution >= 4 is 11.8 Å². The third kappa shape index (κ3) is 10.5. The van der Waals surface area contributed by atoms with E-state index in [1.165, 1.54) is 36.8 Å². The Hall–Kier alpha value is -2.19. The van der Waals surface area contributed by atoms with Gasteiger partial charge < -0.3 is 52.2 Å². The van der Waals surface area contributed by atoms with Gasteiger partial charge in [-0.1, -0.05) is 18.1 Å². The van der Waals surface area contributed by atoms with Crippen molar-refractivity contribution in [2.75, 3.05) is 67.5 Å². The Labute approximate surface area is 248 Å². The summed E-state index contributed by atoms with van der Waals surface area (Å²) in [5, 5.41) is 3.69. The lowest BCUT2D eigenvalue weighted by Crippen LogP contribution is -3.00. The summed E-state index contributed by atoms with van der Waals surface area (Å²) in [6, 6.07) is 8.75. The molecule has 1 aromatic heterocycles. The number of amides is 2. The minimum atomic E-state index is -0.159. The largest absolute Gasteiger partial charge is 1.00 e. The van der Waals surface area contributed by atoms with Gasteiger partial charge in [0.1, 0.15) is 12.8 Å². The van der Waals surface area contributed by atoms with Crippen molar-refractivity contribution in [2.45, 2.75) is 32.1 Å². The molecule has 2 heterocycles. The molecule has 0 aliphatic carbocycles. The molecule has 10 heteroatoms. The van der Waals surface area contributed by atoms with Crippen LogP contribution >= 0.6 is 0 Å². The second-order valence-corrected chi connectivity index (χ2v) is 10.8. The molecule has 1 aliphatic rings. The summed E-state index contributed by atoms with van der Waals surface area (Å²) in [7, 11) is 8.88. The minimum Gasteiger partial charge on any atom is -1.00 e. The van der Waals surface area contributed by atoms with E-state index in [1.54, 1.807) is 30.3 Å². The molecule has 0 N–H and O–H groups in total. The average Bonchev–Trinajstić information content (AvgIpc) is 3.44. The number of carbonyl (C=O) groups is 2. The molecule has 0 saturated carbocycles. The molecule has 210 valence electrons. The zero-order valence-electron chi connectivity index (χ0n) is 22.9. The third-order valence-electron chi connectivity index (χ3n) is 6.64. The van der Waals surface area contributed by atoms with Crippen molar-refractivity contribution in [3.63, 3.8) is 0 Å². The van der Waals surface area contributed by atoms with E-state index in [9.17, 15) is 9.59 Å². The highest BCUT2D eigenvalue weighted by Crippen LogP contribution is 2.22. The number of nitrogens with zero attached hydrogens (tertiary/aromatic N) is 4. The lowest BCUT2D eigenvalue weighted by molar-refractivity contribution is -0.890. The Morgan fingerprint density at radius 3 is 1.97 bits per heavy atom. The summed E-state index contributed by atoms with van der Waals surface area (Å²) in [4.78, 5) is 26.4. The normalized spacial score (nSPS) is 12.8. The average molecular weight is 656 g/mol. The van der Waals surface area contributed by atoms with Crippen LogP contribution in [0.1, 0.15) is 52.8 Å². The Balaban J connectivity index is 0.00000361. The van der Waals surface area contributed by atoms with E-state index in [1.807, 2.05) is 0 Å². The van der Waals surface area contributed by atoms with Gasteiger partial charge >= 0.3 is 0 Å². The Morgan fingerprint density at radius 2 is 1.39 bits per heavy atom. The van der Waals surface area contributed by atoms with Crippen LogP contribution in [0.25, 0.3) is 0 Å². The first-order chi connectivity index (χ1) is 17.2. The monoisotopic (exact) mass is 654 g/mol. The number of unbranched alkanes of at least 4 members (excludes halogenated alkanes) is 3. The van der Waals surface area contributed by atoms with Crippen molar-refractivity contribution in [1.82, 2.24) is 10.1 Å². The fraction of sp³-hybridized carbons (Fsp3) is 0.536. The van der Waals surface area contributed by atoms with E-state index in [-0.39, 0.29) is 45.8 Å². The quantitative estimate of drug-likeness (QED) is 0.0972. The summed E-state index contributed by atoms with van der Waals surface area (Å²) in [6.45, 7) is 4.72. The van der Waals surface area contributed by atoms with Crippen molar-refractivity contribution in [3.8, 4) is 17.7 Å². The summed E-state index contributed by atoms with van der Waals surface area (Å²) < 4.78 is 11.9. The molecule has 0 bridgehead atoms. The smallest absolute Gasteiger partial charge is 0.261 e. The second-order valence-electron chi connectivity index (χ2n) is 10.8. The molecule has 0 radical (unpaired) electrons. The van der Waals surface area contributed by atoms with Gasteiger partial charge in [-0.25, -0.2) is 0 Å². The van der Waals surface area contributed by atoms with E-state index in [0.29, 0.717) is 30.2 Å². The number of quaternary nitrogens is 2. The fourth-order valence-corrected chi connectivity index (χ4v) is 4.43. The Bertz CT molecular complexity index is 1040. The van der Waals surface area contributed by atoms with Gasteiger partial charge in [-0.15, -0.1) is 0 Å². The zero-order valence-corrected chi connectivity index (χ0v) is 26.1. The van der Waals surface area contributed by atoms with E-state index in [4.69, 9.17) is 9.26 Å². The summed E-state index contributed by atoms with van der Waals surface area (Å²) in [5.74, 6) is 6.38. The standard InChI is InChI=1S/C28H40N4O4.2BrH/c1-31(2,20-11-12-22-35-26-16-23-36-29-26)18-9-5-6-10-19-32(3,4)21-13-17-30-27(33)24-14-7-8-15-25(24)28(30)34;;/h7-8,14-16,23H,5-6,9-10,13,17-22H2,1-4H3;2*1H/q+2;;/p-2. The van der Waals surface area contributed by atoms with Crippen molar-refractivity contribution in [1.29, 1.82) is 0 Å². The van der Waals surface area contributed by atoms with Crippen LogP contribution in [0, 0.1) is 11.8 Å². The summed E-state index contributed by atoms with van der Waals surface area (Å²) in [5.41, 5.74) is 1.06. The second kappa shape index (κ2) is 16.0. The fourth-order valence-electron chi connectivity index (χ4n) is 4.43. The molecule has 0 saturated heterocycles. The molecule has 2 aromatic rings. The van der Waals surface area contributed by atoms with Gasteiger partial charge in [0.15, 0.2) is 6.61 Å². The summed E-state index contributed by atoms with van der Waals surface area (Å²) >= 11 is 0. The molecular formula is C28H40Br2N4O4. The van der Waals surface area contributed by atoms with Crippen LogP contribution < -0.4 is 38.7 Å². The number of halogens is 2. The number of hydrogen-bond acceptors (Lipinski definition) is 5. The van der Waals surface area contributed by atoms with Crippen LogP contribution in [0.15, 0.2) is 41.1 Å². The van der Waals surface area contributed by atoms with E-state index in [0.717, 1.165) is 41.6 Å². The van der Waals surface area contributed by atoms with Gasteiger partial charge in [0.05, 0.1) is 59.0 Å². The van der Waals surface area contributed by atoms with E-state index < -0.39 is 0 Å². The predicted molar refractivity (Wildman–Crippen MR) is 138 cm³/mol. The van der Waals surface area contributed by atoms with Crippen molar-refractivity contribution < 1.29 is 61.8 Å². The number of benzene rings is 1. The number of imide groups is 1. The van der Waals surface area contributed by atoms with Gasteiger partial charge in [-0.3, -0.25) is 14.5 Å². The van der Waals surface area contributed by atoms with Crippen LogP contribution in [-0.2, 0) is 0 Å². The molecule has 8 nitrogen and oxygen atoms in total. The maximum atomic E-state index is 12.5. The topological polar surface area (TPSA) is 72.6 Å². The van der Waals surface area contributed by atoms with Crippen LogP contribution in [0.4, 0.5) is 0 Å². The van der Waals surface area contributed by atoms with Gasteiger partial charge in [0.2, 0.25) is 0 Å². The van der Waals surface area contributed by atoms with Crippen molar-refractivity contribution in [2.24, 2.45) is 0 Å². The van der Waals surface area contributed by atoms with Gasteiger partial charge in [0, 0.05) is 19.0 Å². The zero-order chi connectivity index (χ0) is 26.0. The third-order valence-corrected chi connectivity index (χ3v) is 6.64. The highest BCUT2D eigenvalue weighted by molar-refractivity contribution is 6.21. The Morgan fingerprint density at radius 1 is 0.816 bits per heavy atom. The SMILES string of the molecule is C[N+](C)(CC#CCOc1ccon1)CCCCCC[N+](C)(C)CCCN1C(=O)c2ccccc2C1=O.[Br-].[Br-]. The predicted octanol–water partition coefficient (Wildman–Crippen LogP) is -2.54. The number of rotatable bonds is 14. The first-order valence-electron chi connectivity index (χ1n) is 12.8. The number of aromatic nitrogens is 1. The van der Waals surface area contributed by atoms with Crippen LogP contribution in [-0.4, -0.2) is 98.4 Å². The van der Waals surface area contributed by atoms with Crippen molar-refractivity contribution in [3.05, 3.63) is 47.7 Å². The molecule has 0 spiro atoms. The number of hydrogen-bond donors (Lipinski definition) is 0. The molecule has 0 fully saturated rings. The first-order valence-corrected chi connectivity index (χ1v) is 12.8. The van der Waals surface area contributed by atoms with Gasteiger partial charge in [-0.05, 0) is 48.9 Å². The molecule has 1 aliphatic heterocycles. The minimum absolute atomic E-state index is 0. The molecule has 3 rings (SSSR count). The maximum absolute atomic E-state index is 12.5. The van der Waals surface area contributed by atoms with E-state index >= 15 is 0 Å². The number of fused-ring (bicyclic) bond motifs is 1. The molecule has 0 atom stereocenters. The summed E-state index contributed by atoms with van der Waals surface area (Å²) in [6.07, 6.45) is 7.06. The Kier molecular flexibility index (Phi) is 14.3. The maximum Gasteiger partial charge on any atom is 0.261 e. The molecule has 2 amide bonds. The number of carbonyl (C=O) groups excluding carboxylic acids is 2. The number of ether oxygens (including phenoxy) is 1. The first kappa shape index (κ1) is 33.8. The lowest BCUT2D eigenvalue weighted by Gasteiger charge is -2.30. The lowest BCUT2D eigenvalue weighted by atomic mass is 10.1. The van der Waals surface area contributed by atoms with E-state index in [2.05, 4.69) is 45.2 Å². The highest BCUT2D eigenvalue weighted by Gasteiger charge is 2.34. The highest BCUT2D eigenvalue weighted by atomic mass is 79.9. The molecule has 1 aromatic carbocycles. The van der Waals surface area contributed by atoms with Crippen LogP contribution in [0.2, 0.25) is 0 Å². The molecule has 0 unspecified atom stereocenters. The van der Waals surface area contributed by atoms with Crippen LogP contribution in [0.3, 0.4) is 0 Å². The molecule has 38 heavy (non-hydrogen) atoms. The van der Waals surface area contributed by atoms with Crippen LogP contribution in [0.5, 0.6) is 5.88 Å². The van der Waals surface area contributed by atoms with Gasteiger partial charge in [0.25, 0.3) is 17.7 Å².